The van der Waals surface area contributed by atoms with Crippen LogP contribution in [0.2, 0.25) is 0 Å². The molecular formula is C15H17N3O3. The van der Waals surface area contributed by atoms with Gasteiger partial charge in [0, 0.05) is 31.8 Å². The van der Waals surface area contributed by atoms with Gasteiger partial charge in [-0.3, -0.25) is 14.6 Å². The van der Waals surface area contributed by atoms with Gasteiger partial charge < -0.3 is 9.88 Å². The lowest BCUT2D eigenvalue weighted by atomic mass is 10.1. The molecule has 0 saturated heterocycles. The Morgan fingerprint density at radius 2 is 1.90 bits per heavy atom. The summed E-state index contributed by atoms with van der Waals surface area (Å²) in [6.45, 7) is 2.69. The maximum Gasteiger partial charge on any atom is 0.328 e. The van der Waals surface area contributed by atoms with Crippen molar-refractivity contribution in [2.24, 2.45) is 0 Å². The highest BCUT2D eigenvalue weighted by atomic mass is 16.2. The normalized spacial score (nSPS) is 10.3. The first kappa shape index (κ1) is 14.8. The molecule has 0 radical (unpaired) electrons. The standard InChI is InChI=1S/C15H17N3O3/c1-11-2-4-12(5-3-11)10-16-13(19)6-8-18-9-7-14(20)17-15(18)21/h2-5,7,9H,6,8,10H2,1H3,(H,16,19)(H,17,20,21). The zero-order valence-electron chi connectivity index (χ0n) is 11.8. The van der Waals surface area contributed by atoms with E-state index in [2.05, 4.69) is 10.3 Å². The van der Waals surface area contributed by atoms with E-state index in [1.807, 2.05) is 31.2 Å². The molecule has 1 heterocycles. The van der Waals surface area contributed by atoms with Gasteiger partial charge in [0.25, 0.3) is 5.56 Å². The average Bonchev–Trinajstić information content (AvgIpc) is 2.46. The molecule has 0 fully saturated rings. The summed E-state index contributed by atoms with van der Waals surface area (Å²) in [7, 11) is 0. The third kappa shape index (κ3) is 4.45. The molecule has 1 aromatic heterocycles. The first-order valence-electron chi connectivity index (χ1n) is 6.66. The van der Waals surface area contributed by atoms with Crippen molar-refractivity contribution in [3.63, 3.8) is 0 Å². The van der Waals surface area contributed by atoms with Crippen LogP contribution in [0.3, 0.4) is 0 Å². The Morgan fingerprint density at radius 3 is 2.57 bits per heavy atom. The average molecular weight is 287 g/mol. The Labute approximate surface area is 121 Å². The Kier molecular flexibility index (Phi) is 4.71. The lowest BCUT2D eigenvalue weighted by molar-refractivity contribution is -0.121. The van der Waals surface area contributed by atoms with E-state index in [1.165, 1.54) is 22.4 Å². The van der Waals surface area contributed by atoms with Crippen molar-refractivity contribution < 1.29 is 4.79 Å². The molecule has 0 saturated carbocycles. The van der Waals surface area contributed by atoms with Crippen molar-refractivity contribution in [2.45, 2.75) is 26.4 Å². The molecule has 2 N–H and O–H groups in total. The molecule has 2 aromatic rings. The number of aromatic amines is 1. The summed E-state index contributed by atoms with van der Waals surface area (Å²) in [5.41, 5.74) is 1.24. The van der Waals surface area contributed by atoms with Gasteiger partial charge in [-0.25, -0.2) is 4.79 Å². The highest BCUT2D eigenvalue weighted by molar-refractivity contribution is 5.75. The molecule has 1 amide bonds. The van der Waals surface area contributed by atoms with Crippen molar-refractivity contribution in [3.8, 4) is 0 Å². The number of benzene rings is 1. The molecule has 0 atom stereocenters. The van der Waals surface area contributed by atoms with Crippen LogP contribution in [-0.4, -0.2) is 15.5 Å². The number of carbonyl (C=O) groups excluding carboxylic acids is 1. The van der Waals surface area contributed by atoms with E-state index in [0.717, 1.165) is 5.56 Å². The van der Waals surface area contributed by atoms with Crippen LogP contribution in [0.4, 0.5) is 0 Å². The molecule has 110 valence electrons. The minimum atomic E-state index is -0.506. The fourth-order valence-electron chi connectivity index (χ4n) is 1.84. The largest absolute Gasteiger partial charge is 0.352 e. The van der Waals surface area contributed by atoms with Gasteiger partial charge in [-0.15, -0.1) is 0 Å². The second-order valence-electron chi connectivity index (χ2n) is 4.82. The minimum absolute atomic E-state index is 0.145. The number of H-pyrrole nitrogens is 1. The summed E-state index contributed by atoms with van der Waals surface area (Å²) in [6, 6.07) is 9.15. The number of hydrogen-bond donors (Lipinski definition) is 2. The molecule has 2 rings (SSSR count). The number of nitrogens with one attached hydrogen (secondary N) is 2. The van der Waals surface area contributed by atoms with Crippen molar-refractivity contribution in [1.29, 1.82) is 0 Å². The Bertz CT molecular complexity index is 729. The maximum atomic E-state index is 11.7. The molecule has 0 aliphatic carbocycles. The second-order valence-corrected chi connectivity index (χ2v) is 4.82. The van der Waals surface area contributed by atoms with Crippen molar-refractivity contribution >= 4 is 5.91 Å². The summed E-state index contributed by atoms with van der Waals surface area (Å²) >= 11 is 0. The van der Waals surface area contributed by atoms with Crippen molar-refractivity contribution in [1.82, 2.24) is 14.9 Å². The molecule has 0 spiro atoms. The van der Waals surface area contributed by atoms with Crippen LogP contribution in [0, 0.1) is 6.92 Å². The third-order valence-corrected chi connectivity index (χ3v) is 3.09. The Hall–Kier alpha value is -2.63. The number of nitrogens with zero attached hydrogens (tertiary/aromatic N) is 1. The van der Waals surface area contributed by atoms with Gasteiger partial charge in [-0.1, -0.05) is 29.8 Å². The van der Waals surface area contributed by atoms with Crippen LogP contribution in [0.15, 0.2) is 46.1 Å². The lowest BCUT2D eigenvalue weighted by Crippen LogP contribution is -2.31. The van der Waals surface area contributed by atoms with E-state index in [9.17, 15) is 14.4 Å². The summed E-state index contributed by atoms with van der Waals surface area (Å²) in [5.74, 6) is -0.145. The SMILES string of the molecule is Cc1ccc(CNC(=O)CCn2ccc(=O)[nH]c2=O)cc1. The second kappa shape index (κ2) is 6.69. The van der Waals surface area contributed by atoms with E-state index in [0.29, 0.717) is 6.54 Å². The molecular weight excluding hydrogens is 270 g/mol. The predicted molar refractivity (Wildman–Crippen MR) is 79.0 cm³/mol. The minimum Gasteiger partial charge on any atom is -0.352 e. The van der Waals surface area contributed by atoms with Gasteiger partial charge in [0.05, 0.1) is 0 Å². The molecule has 1 aromatic carbocycles. The van der Waals surface area contributed by atoms with Gasteiger partial charge in [0.2, 0.25) is 5.91 Å². The van der Waals surface area contributed by atoms with Gasteiger partial charge in [0.1, 0.15) is 0 Å². The van der Waals surface area contributed by atoms with Crippen LogP contribution in [0.5, 0.6) is 0 Å². The molecule has 0 aliphatic heterocycles. The van der Waals surface area contributed by atoms with Crippen LogP contribution < -0.4 is 16.6 Å². The summed E-state index contributed by atoms with van der Waals surface area (Å²) in [6.07, 6.45) is 1.56. The summed E-state index contributed by atoms with van der Waals surface area (Å²) in [5, 5.41) is 2.79. The fourth-order valence-corrected chi connectivity index (χ4v) is 1.84. The van der Waals surface area contributed by atoms with Gasteiger partial charge in [0.15, 0.2) is 0 Å². The lowest BCUT2D eigenvalue weighted by Gasteiger charge is -2.07. The summed E-state index contributed by atoms with van der Waals surface area (Å²) in [4.78, 5) is 36.2. The molecule has 6 nitrogen and oxygen atoms in total. The Balaban J connectivity index is 1.83. The van der Waals surface area contributed by atoms with Crippen molar-refractivity contribution in [3.05, 3.63) is 68.5 Å². The van der Waals surface area contributed by atoms with Gasteiger partial charge in [-0.2, -0.15) is 0 Å². The molecule has 0 aliphatic rings. The van der Waals surface area contributed by atoms with Crippen LogP contribution in [-0.2, 0) is 17.9 Å². The van der Waals surface area contributed by atoms with Gasteiger partial charge in [-0.05, 0) is 12.5 Å². The van der Waals surface area contributed by atoms with Crippen LogP contribution in [0.25, 0.3) is 0 Å². The van der Waals surface area contributed by atoms with Gasteiger partial charge >= 0.3 is 5.69 Å². The van der Waals surface area contributed by atoms with E-state index in [4.69, 9.17) is 0 Å². The number of rotatable bonds is 5. The highest BCUT2D eigenvalue weighted by Crippen LogP contribution is 2.02. The third-order valence-electron chi connectivity index (χ3n) is 3.09. The summed E-state index contributed by atoms with van der Waals surface area (Å²) < 4.78 is 1.30. The van der Waals surface area contributed by atoms with E-state index in [1.54, 1.807) is 0 Å². The topological polar surface area (TPSA) is 84.0 Å². The highest BCUT2D eigenvalue weighted by Gasteiger charge is 2.03. The first-order valence-corrected chi connectivity index (χ1v) is 6.66. The predicted octanol–water partition coefficient (Wildman–Crippen LogP) is 0.552. The molecule has 21 heavy (non-hydrogen) atoms. The number of aryl methyl sites for hydroxylation is 2. The zero-order chi connectivity index (χ0) is 15.2. The van der Waals surface area contributed by atoms with E-state index in [-0.39, 0.29) is 18.9 Å². The monoisotopic (exact) mass is 287 g/mol. The number of carbonyl (C=O) groups is 1. The van der Waals surface area contributed by atoms with Crippen LogP contribution >= 0.6 is 0 Å². The number of amides is 1. The number of aromatic nitrogens is 2. The van der Waals surface area contributed by atoms with Crippen LogP contribution in [0.1, 0.15) is 17.5 Å². The molecule has 6 heteroatoms. The maximum absolute atomic E-state index is 11.7. The van der Waals surface area contributed by atoms with Crippen molar-refractivity contribution in [2.75, 3.05) is 0 Å². The Morgan fingerprint density at radius 1 is 1.19 bits per heavy atom. The van der Waals surface area contributed by atoms with E-state index >= 15 is 0 Å². The quantitative estimate of drug-likeness (QED) is 0.842. The fraction of sp³-hybridized carbons (Fsp3) is 0.267. The smallest absolute Gasteiger partial charge is 0.328 e. The first-order chi connectivity index (χ1) is 10.0. The zero-order valence-corrected chi connectivity index (χ0v) is 11.8. The number of hydrogen-bond acceptors (Lipinski definition) is 3. The molecule has 0 bridgehead atoms. The van der Waals surface area contributed by atoms with E-state index < -0.39 is 11.2 Å². The molecule has 0 unspecified atom stereocenters.